The molecular formula is C16H15BrFNOS. The number of fused-ring (bicyclic) bond motifs is 1. The lowest BCUT2D eigenvalue weighted by Crippen LogP contribution is -2.24. The maximum absolute atomic E-state index is 13.6. The fourth-order valence-corrected chi connectivity index (χ4v) is 4.20. The van der Waals surface area contributed by atoms with E-state index in [1.807, 2.05) is 18.4 Å². The normalized spacial score (nSPS) is 17.4. The highest BCUT2D eigenvalue weighted by Gasteiger charge is 2.27. The molecule has 0 aliphatic heterocycles. The van der Waals surface area contributed by atoms with E-state index in [0.717, 1.165) is 30.4 Å². The highest BCUT2D eigenvalue weighted by atomic mass is 79.9. The molecule has 1 aliphatic carbocycles. The molecule has 0 spiro atoms. The quantitative estimate of drug-likeness (QED) is 0.793. The Kier molecular flexibility index (Phi) is 4.13. The van der Waals surface area contributed by atoms with Gasteiger partial charge >= 0.3 is 0 Å². The van der Waals surface area contributed by atoms with Gasteiger partial charge in [-0.2, -0.15) is 0 Å². The van der Waals surface area contributed by atoms with Crippen molar-refractivity contribution in [1.82, 2.24) is 0 Å². The molecule has 2 aromatic rings. The van der Waals surface area contributed by atoms with Gasteiger partial charge in [0.1, 0.15) is 5.82 Å². The summed E-state index contributed by atoms with van der Waals surface area (Å²) in [4.78, 5) is 13.8. The lowest BCUT2D eigenvalue weighted by molar-refractivity contribution is -0.117. The predicted molar refractivity (Wildman–Crippen MR) is 87.5 cm³/mol. The highest BCUT2D eigenvalue weighted by Crippen LogP contribution is 2.36. The van der Waals surface area contributed by atoms with Crippen LogP contribution >= 0.6 is 27.3 Å². The van der Waals surface area contributed by atoms with Crippen molar-refractivity contribution >= 4 is 38.9 Å². The van der Waals surface area contributed by atoms with E-state index >= 15 is 0 Å². The highest BCUT2D eigenvalue weighted by molar-refractivity contribution is 9.10. The summed E-state index contributed by atoms with van der Waals surface area (Å²) in [6.45, 7) is 1.86. The molecule has 1 aromatic carbocycles. The Morgan fingerprint density at radius 1 is 1.48 bits per heavy atom. The second kappa shape index (κ2) is 5.89. The number of carbonyl (C=O) groups excluding carboxylic acids is 1. The van der Waals surface area contributed by atoms with Crippen molar-refractivity contribution in [2.24, 2.45) is 0 Å². The van der Waals surface area contributed by atoms with Gasteiger partial charge in [-0.1, -0.05) is 0 Å². The molecule has 21 heavy (non-hydrogen) atoms. The van der Waals surface area contributed by atoms with Crippen LogP contribution in [0.3, 0.4) is 0 Å². The van der Waals surface area contributed by atoms with E-state index in [9.17, 15) is 9.18 Å². The summed E-state index contributed by atoms with van der Waals surface area (Å²) in [6.07, 6.45) is 2.94. The van der Waals surface area contributed by atoms with Gasteiger partial charge < -0.3 is 5.32 Å². The molecule has 0 radical (unpaired) electrons. The van der Waals surface area contributed by atoms with Crippen LogP contribution in [0.15, 0.2) is 28.1 Å². The summed E-state index contributed by atoms with van der Waals surface area (Å²) in [5.41, 5.74) is 2.53. The molecule has 3 rings (SSSR count). The Morgan fingerprint density at radius 3 is 3.10 bits per heavy atom. The van der Waals surface area contributed by atoms with Gasteiger partial charge in [-0.15, -0.1) is 11.3 Å². The molecule has 1 amide bonds. The molecular weight excluding hydrogens is 353 g/mol. The van der Waals surface area contributed by atoms with Crippen LogP contribution in [0.5, 0.6) is 0 Å². The minimum absolute atomic E-state index is 0.0424. The second-order valence-electron chi connectivity index (χ2n) is 5.31. The van der Waals surface area contributed by atoms with Crippen LogP contribution in [0, 0.1) is 12.7 Å². The summed E-state index contributed by atoms with van der Waals surface area (Å²) >= 11 is 4.87. The average Bonchev–Trinajstić information content (AvgIpc) is 2.92. The summed E-state index contributed by atoms with van der Waals surface area (Å²) < 4.78 is 14.1. The first kappa shape index (κ1) is 14.7. The van der Waals surface area contributed by atoms with E-state index in [-0.39, 0.29) is 17.6 Å². The van der Waals surface area contributed by atoms with Gasteiger partial charge in [0.15, 0.2) is 0 Å². The predicted octanol–water partition coefficient (Wildman–Crippen LogP) is 5.02. The number of hydrogen-bond acceptors (Lipinski definition) is 2. The SMILES string of the molecule is Cc1cc(Br)c(F)cc1NC(=O)C1CCCc2sccc21. The number of thiophene rings is 1. The minimum Gasteiger partial charge on any atom is -0.325 e. The molecule has 110 valence electrons. The molecule has 0 bridgehead atoms. The number of carbonyl (C=O) groups is 1. The molecule has 0 saturated carbocycles. The third kappa shape index (κ3) is 2.90. The molecule has 1 aliphatic rings. The van der Waals surface area contributed by atoms with Gasteiger partial charge in [0.05, 0.1) is 10.4 Å². The molecule has 5 heteroatoms. The van der Waals surface area contributed by atoms with E-state index < -0.39 is 0 Å². The molecule has 0 saturated heterocycles. The monoisotopic (exact) mass is 367 g/mol. The second-order valence-corrected chi connectivity index (χ2v) is 7.17. The third-order valence-corrected chi connectivity index (χ3v) is 5.50. The van der Waals surface area contributed by atoms with Crippen molar-refractivity contribution in [3.8, 4) is 0 Å². The molecule has 1 heterocycles. The maximum atomic E-state index is 13.6. The van der Waals surface area contributed by atoms with Crippen LogP contribution in [-0.4, -0.2) is 5.91 Å². The number of amides is 1. The van der Waals surface area contributed by atoms with Crippen molar-refractivity contribution in [2.75, 3.05) is 5.32 Å². The fourth-order valence-electron chi connectivity index (χ4n) is 2.76. The molecule has 1 atom stereocenters. The van der Waals surface area contributed by atoms with E-state index in [1.54, 1.807) is 17.4 Å². The van der Waals surface area contributed by atoms with Crippen LogP contribution in [0.1, 0.15) is 34.8 Å². The van der Waals surface area contributed by atoms with E-state index in [1.165, 1.54) is 10.9 Å². The van der Waals surface area contributed by atoms with Gasteiger partial charge in [0.2, 0.25) is 5.91 Å². The number of aryl methyl sites for hydroxylation is 2. The third-order valence-electron chi connectivity index (χ3n) is 3.89. The number of rotatable bonds is 2. The van der Waals surface area contributed by atoms with E-state index in [4.69, 9.17) is 0 Å². The van der Waals surface area contributed by atoms with E-state index in [2.05, 4.69) is 21.2 Å². The number of nitrogens with one attached hydrogen (secondary N) is 1. The molecule has 0 fully saturated rings. The first-order valence-electron chi connectivity index (χ1n) is 6.89. The van der Waals surface area contributed by atoms with Crippen molar-refractivity contribution in [3.63, 3.8) is 0 Å². The van der Waals surface area contributed by atoms with E-state index in [0.29, 0.717) is 10.2 Å². The first-order chi connectivity index (χ1) is 10.1. The molecule has 1 unspecified atom stereocenters. The lowest BCUT2D eigenvalue weighted by Gasteiger charge is -2.22. The summed E-state index contributed by atoms with van der Waals surface area (Å²) in [5.74, 6) is -0.527. The van der Waals surface area contributed by atoms with Crippen molar-refractivity contribution in [1.29, 1.82) is 0 Å². The number of hydrogen-bond donors (Lipinski definition) is 1. The Bertz CT molecular complexity index is 698. The first-order valence-corrected chi connectivity index (χ1v) is 8.56. The van der Waals surface area contributed by atoms with Crippen molar-refractivity contribution in [3.05, 3.63) is 49.9 Å². The van der Waals surface area contributed by atoms with Gasteiger partial charge in [-0.25, -0.2) is 4.39 Å². The summed E-state index contributed by atoms with van der Waals surface area (Å²) in [5, 5.41) is 4.93. The number of benzene rings is 1. The Morgan fingerprint density at radius 2 is 2.29 bits per heavy atom. The Balaban J connectivity index is 1.84. The van der Waals surface area contributed by atoms with Crippen molar-refractivity contribution in [2.45, 2.75) is 32.1 Å². The molecule has 1 aromatic heterocycles. The van der Waals surface area contributed by atoms with Crippen LogP contribution in [0.4, 0.5) is 10.1 Å². The zero-order valence-corrected chi connectivity index (χ0v) is 14.0. The zero-order chi connectivity index (χ0) is 15.0. The van der Waals surface area contributed by atoms with Crippen molar-refractivity contribution < 1.29 is 9.18 Å². The Hall–Kier alpha value is -1.20. The zero-order valence-electron chi connectivity index (χ0n) is 11.6. The maximum Gasteiger partial charge on any atom is 0.231 e. The topological polar surface area (TPSA) is 29.1 Å². The minimum atomic E-state index is -0.365. The molecule has 2 nitrogen and oxygen atoms in total. The standard InChI is InChI=1S/C16H15BrFNOS/c1-9-7-12(17)13(18)8-14(9)19-16(20)11-3-2-4-15-10(11)5-6-21-15/h5-8,11H,2-4H2,1H3,(H,19,20). The largest absolute Gasteiger partial charge is 0.325 e. The lowest BCUT2D eigenvalue weighted by atomic mass is 9.87. The average molecular weight is 368 g/mol. The van der Waals surface area contributed by atoms with Gasteiger partial charge in [0, 0.05) is 10.6 Å². The molecule has 1 N–H and O–H groups in total. The van der Waals surface area contributed by atoms with Gasteiger partial charge in [0.25, 0.3) is 0 Å². The van der Waals surface area contributed by atoms with Crippen LogP contribution in [-0.2, 0) is 11.2 Å². The van der Waals surface area contributed by atoms with Crippen LogP contribution in [0.2, 0.25) is 0 Å². The number of anilines is 1. The van der Waals surface area contributed by atoms with Gasteiger partial charge in [-0.3, -0.25) is 4.79 Å². The summed E-state index contributed by atoms with van der Waals surface area (Å²) in [7, 11) is 0. The number of halogens is 2. The summed E-state index contributed by atoms with van der Waals surface area (Å²) in [6, 6.07) is 5.09. The smallest absolute Gasteiger partial charge is 0.231 e. The van der Waals surface area contributed by atoms with Crippen LogP contribution in [0.25, 0.3) is 0 Å². The van der Waals surface area contributed by atoms with Crippen LogP contribution < -0.4 is 5.32 Å². The Labute approximate surface area is 135 Å². The fraction of sp³-hybridized carbons (Fsp3) is 0.312. The van der Waals surface area contributed by atoms with Gasteiger partial charge in [-0.05, 0) is 76.8 Å².